The lowest BCUT2D eigenvalue weighted by Gasteiger charge is -2.24. The smallest absolute Gasteiger partial charge is 0.335 e. The van der Waals surface area contributed by atoms with Gasteiger partial charge in [0.25, 0.3) is 0 Å². The van der Waals surface area contributed by atoms with E-state index >= 15 is 0 Å². The minimum atomic E-state index is -1.05. The maximum Gasteiger partial charge on any atom is 0.335 e. The minimum Gasteiger partial charge on any atom is -0.478 e. The van der Waals surface area contributed by atoms with Crippen molar-refractivity contribution in [2.24, 2.45) is 0 Å². The number of aromatic carboxylic acids is 1. The molecule has 0 aliphatic carbocycles. The number of fused-ring (bicyclic) bond motifs is 2. The molecule has 0 bridgehead atoms. The summed E-state index contributed by atoms with van der Waals surface area (Å²) in [6.07, 6.45) is -0.0539. The van der Waals surface area contributed by atoms with Gasteiger partial charge >= 0.3 is 5.97 Å². The van der Waals surface area contributed by atoms with Gasteiger partial charge in [0.1, 0.15) is 0 Å². The number of hydrogen-bond acceptors (Lipinski definition) is 6. The third-order valence-corrected chi connectivity index (χ3v) is 5.33. The number of hydrogen-bond donors (Lipinski definition) is 3. The first-order valence-corrected chi connectivity index (χ1v) is 8.92. The summed E-state index contributed by atoms with van der Waals surface area (Å²) >= 11 is 1.17. The van der Waals surface area contributed by atoms with Gasteiger partial charge in [-0.05, 0) is 30.3 Å². The van der Waals surface area contributed by atoms with Crippen molar-refractivity contribution in [2.75, 3.05) is 17.4 Å². The summed E-state index contributed by atoms with van der Waals surface area (Å²) in [4.78, 5) is 36.3. The van der Waals surface area contributed by atoms with Crippen molar-refractivity contribution < 1.29 is 29.0 Å². The monoisotopic (exact) mass is 386 g/mol. The zero-order valence-corrected chi connectivity index (χ0v) is 14.7. The number of carboxylic acids is 1. The first-order valence-electron chi connectivity index (χ1n) is 8.04. The Morgan fingerprint density at radius 1 is 1.19 bits per heavy atom. The molecule has 0 saturated heterocycles. The molecule has 27 heavy (non-hydrogen) atoms. The van der Waals surface area contributed by atoms with Crippen LogP contribution in [0, 0.1) is 0 Å². The van der Waals surface area contributed by atoms with E-state index in [0.717, 1.165) is 0 Å². The number of carboxylic acid groups (broad SMARTS) is 1. The van der Waals surface area contributed by atoms with Crippen molar-refractivity contribution in [3.05, 3.63) is 42.0 Å². The normalized spacial score (nSPS) is 17.0. The van der Waals surface area contributed by atoms with Gasteiger partial charge in [-0.15, -0.1) is 11.8 Å². The molecular weight excluding hydrogens is 372 g/mol. The molecule has 2 aromatic carbocycles. The molecule has 3 N–H and O–H groups in total. The molecule has 4 rings (SSSR count). The molecule has 0 fully saturated rings. The Balaban J connectivity index is 1.44. The Morgan fingerprint density at radius 3 is 2.81 bits per heavy atom. The molecule has 2 aliphatic rings. The number of ether oxygens (including phenoxy) is 2. The molecule has 138 valence electrons. The van der Waals surface area contributed by atoms with Crippen LogP contribution in [-0.4, -0.2) is 34.9 Å². The number of anilines is 2. The Hall–Kier alpha value is -3.20. The number of thioether (sulfide) groups is 1. The van der Waals surface area contributed by atoms with Crippen LogP contribution < -0.4 is 20.1 Å². The Bertz CT molecular complexity index is 961. The van der Waals surface area contributed by atoms with E-state index in [1.165, 1.54) is 23.9 Å². The molecule has 0 radical (unpaired) electrons. The van der Waals surface area contributed by atoms with Crippen LogP contribution >= 0.6 is 11.8 Å². The lowest BCUT2D eigenvalue weighted by Crippen LogP contribution is -2.32. The van der Waals surface area contributed by atoms with E-state index in [2.05, 4.69) is 10.6 Å². The molecule has 0 spiro atoms. The third-order valence-electron chi connectivity index (χ3n) is 4.08. The van der Waals surface area contributed by atoms with E-state index in [-0.39, 0.29) is 30.6 Å². The highest BCUT2D eigenvalue weighted by atomic mass is 32.2. The largest absolute Gasteiger partial charge is 0.478 e. The zero-order valence-electron chi connectivity index (χ0n) is 13.9. The highest BCUT2D eigenvalue weighted by Gasteiger charge is 2.29. The summed E-state index contributed by atoms with van der Waals surface area (Å²) in [6, 6.07) is 9.51. The molecule has 0 unspecified atom stereocenters. The number of rotatable bonds is 4. The SMILES string of the molecule is O=C(C[C@@H]1Sc2cc(C(=O)O)ccc2NC1=O)Nc1ccc2c(c1)OCO2. The minimum absolute atomic E-state index is 0.0539. The molecular formula is C18H14N2O6S. The van der Waals surface area contributed by atoms with Gasteiger partial charge in [0, 0.05) is 23.1 Å². The van der Waals surface area contributed by atoms with Crippen molar-refractivity contribution in [1.82, 2.24) is 0 Å². The van der Waals surface area contributed by atoms with Crippen molar-refractivity contribution in [3.8, 4) is 11.5 Å². The number of carbonyl (C=O) groups excluding carboxylic acids is 2. The first-order chi connectivity index (χ1) is 13.0. The summed E-state index contributed by atoms with van der Waals surface area (Å²) in [5.41, 5.74) is 1.21. The average molecular weight is 386 g/mol. The number of amides is 2. The van der Waals surface area contributed by atoms with Crippen LogP contribution in [0.3, 0.4) is 0 Å². The zero-order chi connectivity index (χ0) is 19.0. The molecule has 1 atom stereocenters. The summed E-state index contributed by atoms with van der Waals surface area (Å²) in [5, 5.41) is 13.9. The number of benzene rings is 2. The highest BCUT2D eigenvalue weighted by Crippen LogP contribution is 2.38. The van der Waals surface area contributed by atoms with Gasteiger partial charge in [-0.1, -0.05) is 0 Å². The van der Waals surface area contributed by atoms with Crippen molar-refractivity contribution in [1.29, 1.82) is 0 Å². The molecule has 0 aromatic heterocycles. The quantitative estimate of drug-likeness (QED) is 0.740. The molecule has 8 nitrogen and oxygen atoms in total. The van der Waals surface area contributed by atoms with Gasteiger partial charge < -0.3 is 25.2 Å². The van der Waals surface area contributed by atoms with Gasteiger partial charge in [0.2, 0.25) is 18.6 Å². The van der Waals surface area contributed by atoms with Gasteiger partial charge in [-0.25, -0.2) is 4.79 Å². The fraction of sp³-hybridized carbons (Fsp3) is 0.167. The number of nitrogens with one attached hydrogen (secondary N) is 2. The molecule has 2 aliphatic heterocycles. The summed E-state index contributed by atoms with van der Waals surface area (Å²) in [6.45, 7) is 0.142. The van der Waals surface area contributed by atoms with Gasteiger partial charge in [0.05, 0.1) is 16.5 Å². The second kappa shape index (κ2) is 6.84. The van der Waals surface area contributed by atoms with Gasteiger partial charge in [-0.3, -0.25) is 9.59 Å². The highest BCUT2D eigenvalue weighted by molar-refractivity contribution is 8.01. The van der Waals surface area contributed by atoms with E-state index in [4.69, 9.17) is 14.6 Å². The fourth-order valence-electron chi connectivity index (χ4n) is 2.77. The van der Waals surface area contributed by atoms with Crippen LogP contribution in [0.25, 0.3) is 0 Å². The maximum atomic E-state index is 12.3. The van der Waals surface area contributed by atoms with Crippen LogP contribution in [0.4, 0.5) is 11.4 Å². The van der Waals surface area contributed by atoms with E-state index in [9.17, 15) is 14.4 Å². The second-order valence-corrected chi connectivity index (χ2v) is 7.18. The van der Waals surface area contributed by atoms with Crippen molar-refractivity contribution in [3.63, 3.8) is 0 Å². The molecule has 2 aromatic rings. The molecule has 2 amide bonds. The van der Waals surface area contributed by atoms with Gasteiger partial charge in [-0.2, -0.15) is 0 Å². The third kappa shape index (κ3) is 3.54. The summed E-state index contributed by atoms with van der Waals surface area (Å²) in [5.74, 6) is -0.517. The van der Waals surface area contributed by atoms with Crippen LogP contribution in [0.5, 0.6) is 11.5 Å². The van der Waals surface area contributed by atoms with E-state index in [0.29, 0.717) is 27.8 Å². The lowest BCUT2D eigenvalue weighted by molar-refractivity contribution is -0.120. The Labute approximate surface area is 157 Å². The first kappa shape index (κ1) is 17.2. The lowest BCUT2D eigenvalue weighted by atomic mass is 10.2. The Morgan fingerprint density at radius 2 is 2.00 bits per heavy atom. The molecule has 0 saturated carbocycles. The van der Waals surface area contributed by atoms with E-state index < -0.39 is 11.2 Å². The molecule has 9 heteroatoms. The maximum absolute atomic E-state index is 12.3. The molecule has 2 heterocycles. The fourth-order valence-corrected chi connectivity index (χ4v) is 3.91. The van der Waals surface area contributed by atoms with Crippen LogP contribution in [0.1, 0.15) is 16.8 Å². The van der Waals surface area contributed by atoms with Gasteiger partial charge in [0.15, 0.2) is 11.5 Å². The second-order valence-electron chi connectivity index (χ2n) is 5.93. The predicted octanol–water partition coefficient (Wildman–Crippen LogP) is 2.56. The van der Waals surface area contributed by atoms with Crippen LogP contribution in [-0.2, 0) is 9.59 Å². The summed E-state index contributed by atoms with van der Waals surface area (Å²) < 4.78 is 10.5. The topological polar surface area (TPSA) is 114 Å². The van der Waals surface area contributed by atoms with Crippen LogP contribution in [0.15, 0.2) is 41.3 Å². The standard InChI is InChI=1S/C18H14N2O6S/c21-16(19-10-2-4-12-13(6-10)26-8-25-12)7-15-17(22)20-11-3-1-9(18(23)24)5-14(11)27-15/h1-6,15H,7-8H2,(H,19,21)(H,20,22)(H,23,24)/t15-/m0/s1. The summed E-state index contributed by atoms with van der Waals surface area (Å²) in [7, 11) is 0. The Kier molecular flexibility index (Phi) is 4.36. The van der Waals surface area contributed by atoms with Crippen molar-refractivity contribution in [2.45, 2.75) is 16.6 Å². The average Bonchev–Trinajstić information content (AvgIpc) is 3.09. The van der Waals surface area contributed by atoms with E-state index in [1.807, 2.05) is 0 Å². The van der Waals surface area contributed by atoms with E-state index in [1.54, 1.807) is 24.3 Å². The number of carbonyl (C=O) groups is 3. The van der Waals surface area contributed by atoms with Crippen LogP contribution in [0.2, 0.25) is 0 Å². The predicted molar refractivity (Wildman–Crippen MR) is 97.5 cm³/mol. The van der Waals surface area contributed by atoms with Crippen molar-refractivity contribution >= 4 is 40.9 Å².